The van der Waals surface area contributed by atoms with Gasteiger partial charge in [-0.25, -0.2) is 5.01 Å². The molecule has 2 fully saturated rings. The lowest BCUT2D eigenvalue weighted by Crippen LogP contribution is -2.51. The van der Waals surface area contributed by atoms with Gasteiger partial charge >= 0.3 is 6.61 Å². The molecule has 0 amide bonds. The topological polar surface area (TPSA) is 31.0 Å². The van der Waals surface area contributed by atoms with Gasteiger partial charge in [-0.05, 0) is 62.0 Å². The molecule has 1 aromatic carbocycles. The summed E-state index contributed by atoms with van der Waals surface area (Å²) in [4.78, 5) is 2.11. The summed E-state index contributed by atoms with van der Waals surface area (Å²) in [7, 11) is 0. The summed E-state index contributed by atoms with van der Waals surface area (Å²) in [6.45, 7) is 2.54. The minimum Gasteiger partial charge on any atom is -0.435 e. The van der Waals surface area contributed by atoms with Crippen molar-refractivity contribution in [2.24, 2.45) is 11.8 Å². The maximum absolute atomic E-state index is 12.2. The van der Waals surface area contributed by atoms with Gasteiger partial charge in [0.15, 0.2) is 0 Å². The van der Waals surface area contributed by atoms with E-state index in [0.717, 1.165) is 37.3 Å². The van der Waals surface area contributed by atoms with E-state index < -0.39 is 6.61 Å². The molecule has 136 valence electrons. The van der Waals surface area contributed by atoms with Crippen LogP contribution in [0.25, 0.3) is 0 Å². The Kier molecular flexibility index (Phi) is 4.76. The zero-order valence-corrected chi connectivity index (χ0v) is 14.2. The molecule has 0 unspecified atom stereocenters. The molecule has 5 nitrogen and oxygen atoms in total. The van der Waals surface area contributed by atoms with Gasteiger partial charge in [-0.1, -0.05) is 0 Å². The molecule has 2 saturated heterocycles. The number of rotatable bonds is 5. The van der Waals surface area contributed by atoms with Gasteiger partial charge in [0.2, 0.25) is 0 Å². The third-order valence-electron chi connectivity index (χ3n) is 5.47. The monoisotopic (exact) mass is 350 g/mol. The minimum atomic E-state index is -2.79. The van der Waals surface area contributed by atoms with E-state index in [9.17, 15) is 8.78 Å². The fourth-order valence-electron chi connectivity index (χ4n) is 3.84. The number of benzene rings is 1. The zero-order valence-electron chi connectivity index (χ0n) is 14.2. The number of alkyl halides is 2. The molecule has 0 aliphatic carbocycles. The fraction of sp³-hybridized carbons (Fsp3) is 0.556. The highest BCUT2D eigenvalue weighted by atomic mass is 19.3. The van der Waals surface area contributed by atoms with Crippen molar-refractivity contribution in [3.8, 4) is 5.75 Å². The molecule has 4 rings (SSSR count). The second-order valence-electron chi connectivity index (χ2n) is 6.93. The standard InChI is InChI=1S/C18H24F2N4O/c19-18(20)25-17-3-1-16(2-4-17)22-9-10-24(13-22)23-7-5-14(6-8-23)15-11-21-12-15/h1-4,9-10,14-15,18,21H,5-8,11-13H2. The number of hydrogen-bond donors (Lipinski definition) is 1. The van der Waals surface area contributed by atoms with Crippen LogP contribution >= 0.6 is 0 Å². The number of ether oxygens (including phenoxy) is 1. The Morgan fingerprint density at radius 2 is 1.72 bits per heavy atom. The maximum atomic E-state index is 12.2. The van der Waals surface area contributed by atoms with Crippen LogP contribution in [0, 0.1) is 11.8 Å². The number of nitrogens with one attached hydrogen (secondary N) is 1. The summed E-state index contributed by atoms with van der Waals surface area (Å²) < 4.78 is 28.8. The molecule has 3 aliphatic rings. The van der Waals surface area contributed by atoms with Crippen LogP contribution in [0.15, 0.2) is 36.7 Å². The first-order chi connectivity index (χ1) is 12.2. The van der Waals surface area contributed by atoms with E-state index in [1.807, 2.05) is 6.20 Å². The van der Waals surface area contributed by atoms with Gasteiger partial charge in [-0.2, -0.15) is 8.78 Å². The Bertz CT molecular complexity index is 598. The van der Waals surface area contributed by atoms with Crippen LogP contribution in [-0.2, 0) is 0 Å². The number of piperidine rings is 1. The zero-order chi connectivity index (χ0) is 17.2. The van der Waals surface area contributed by atoms with Crippen LogP contribution in [0.2, 0.25) is 0 Å². The van der Waals surface area contributed by atoms with Crippen LogP contribution < -0.4 is 15.0 Å². The first-order valence-electron chi connectivity index (χ1n) is 8.91. The molecular formula is C18H24F2N4O. The van der Waals surface area contributed by atoms with E-state index in [2.05, 4.69) is 31.2 Å². The molecule has 0 bridgehead atoms. The molecule has 0 radical (unpaired) electrons. The lowest BCUT2D eigenvalue weighted by atomic mass is 9.81. The van der Waals surface area contributed by atoms with Crippen LogP contribution in [0.4, 0.5) is 14.5 Å². The van der Waals surface area contributed by atoms with E-state index in [-0.39, 0.29) is 5.75 Å². The molecule has 3 aliphatic heterocycles. The molecule has 0 spiro atoms. The smallest absolute Gasteiger partial charge is 0.387 e. The Hall–Kier alpha value is -1.86. The highest BCUT2D eigenvalue weighted by molar-refractivity contribution is 5.52. The highest BCUT2D eigenvalue weighted by Crippen LogP contribution is 2.30. The highest BCUT2D eigenvalue weighted by Gasteiger charge is 2.32. The van der Waals surface area contributed by atoms with Crippen LogP contribution in [0.5, 0.6) is 5.75 Å². The van der Waals surface area contributed by atoms with Gasteiger partial charge in [0.25, 0.3) is 0 Å². The molecule has 3 heterocycles. The molecule has 0 saturated carbocycles. The van der Waals surface area contributed by atoms with Crippen molar-refractivity contribution in [3.63, 3.8) is 0 Å². The Labute approximate surface area is 146 Å². The molecule has 0 aromatic heterocycles. The van der Waals surface area contributed by atoms with Crippen molar-refractivity contribution < 1.29 is 13.5 Å². The summed E-state index contributed by atoms with van der Waals surface area (Å²) in [5.41, 5.74) is 0.968. The molecular weight excluding hydrogens is 326 g/mol. The molecule has 0 atom stereocenters. The molecule has 7 heteroatoms. The van der Waals surface area contributed by atoms with Crippen molar-refractivity contribution in [2.75, 3.05) is 37.7 Å². The number of hydrazine groups is 1. The Balaban J connectivity index is 1.29. The largest absolute Gasteiger partial charge is 0.435 e. The van der Waals surface area contributed by atoms with E-state index >= 15 is 0 Å². The summed E-state index contributed by atoms with van der Waals surface area (Å²) in [6.07, 6.45) is 6.65. The first-order valence-corrected chi connectivity index (χ1v) is 8.91. The van der Waals surface area contributed by atoms with Gasteiger partial charge in [0.1, 0.15) is 12.4 Å². The maximum Gasteiger partial charge on any atom is 0.387 e. The third-order valence-corrected chi connectivity index (χ3v) is 5.47. The molecule has 25 heavy (non-hydrogen) atoms. The predicted molar refractivity (Wildman–Crippen MR) is 92.1 cm³/mol. The van der Waals surface area contributed by atoms with Gasteiger partial charge in [0.05, 0.1) is 0 Å². The summed E-state index contributed by atoms with van der Waals surface area (Å²) >= 11 is 0. The molecule has 1 aromatic rings. The van der Waals surface area contributed by atoms with Crippen LogP contribution in [0.3, 0.4) is 0 Å². The van der Waals surface area contributed by atoms with Crippen molar-refractivity contribution in [3.05, 3.63) is 36.7 Å². The average molecular weight is 350 g/mol. The first kappa shape index (κ1) is 16.6. The average Bonchev–Trinajstić information content (AvgIpc) is 3.04. The second-order valence-corrected chi connectivity index (χ2v) is 6.93. The summed E-state index contributed by atoms with van der Waals surface area (Å²) in [6, 6.07) is 6.77. The van der Waals surface area contributed by atoms with Crippen molar-refractivity contribution in [1.29, 1.82) is 0 Å². The normalized spacial score (nSPS) is 22.7. The number of anilines is 1. The third kappa shape index (κ3) is 3.72. The van der Waals surface area contributed by atoms with Crippen molar-refractivity contribution in [2.45, 2.75) is 19.5 Å². The van der Waals surface area contributed by atoms with Gasteiger partial charge in [-0.3, -0.25) is 5.01 Å². The van der Waals surface area contributed by atoms with E-state index in [1.165, 1.54) is 25.9 Å². The van der Waals surface area contributed by atoms with E-state index in [1.54, 1.807) is 24.3 Å². The predicted octanol–water partition coefficient (Wildman–Crippen LogP) is 2.69. The van der Waals surface area contributed by atoms with Gasteiger partial charge in [0, 0.05) is 31.2 Å². The Morgan fingerprint density at radius 3 is 2.32 bits per heavy atom. The van der Waals surface area contributed by atoms with E-state index in [4.69, 9.17) is 0 Å². The second kappa shape index (κ2) is 7.17. The number of halogens is 2. The Morgan fingerprint density at radius 1 is 1.00 bits per heavy atom. The summed E-state index contributed by atoms with van der Waals surface area (Å²) in [5, 5.41) is 8.03. The lowest BCUT2D eigenvalue weighted by molar-refractivity contribution is -0.0498. The molecule has 1 N–H and O–H groups in total. The quantitative estimate of drug-likeness (QED) is 0.882. The van der Waals surface area contributed by atoms with Gasteiger partial charge in [-0.15, -0.1) is 0 Å². The van der Waals surface area contributed by atoms with E-state index in [0.29, 0.717) is 0 Å². The SMILES string of the molecule is FC(F)Oc1ccc(N2C=CN(N3CCC(C4CNC4)CC3)C2)cc1. The van der Waals surface area contributed by atoms with Crippen molar-refractivity contribution in [1.82, 2.24) is 15.3 Å². The van der Waals surface area contributed by atoms with Crippen molar-refractivity contribution >= 4 is 5.69 Å². The number of hydrogen-bond acceptors (Lipinski definition) is 5. The lowest BCUT2D eigenvalue weighted by Gasteiger charge is -2.43. The van der Waals surface area contributed by atoms with Crippen LogP contribution in [-0.4, -0.2) is 49.5 Å². The number of nitrogens with zero attached hydrogens (tertiary/aromatic N) is 3. The summed E-state index contributed by atoms with van der Waals surface area (Å²) in [5.74, 6) is 1.93. The van der Waals surface area contributed by atoms with Gasteiger partial charge < -0.3 is 15.0 Å². The van der Waals surface area contributed by atoms with Crippen LogP contribution in [0.1, 0.15) is 12.8 Å². The fourth-order valence-corrected chi connectivity index (χ4v) is 3.84. The minimum absolute atomic E-state index is 0.186.